The third-order valence-electron chi connectivity index (χ3n) is 4.46. The first-order chi connectivity index (χ1) is 12.5. The maximum absolute atomic E-state index is 13.3. The van der Waals surface area contributed by atoms with Crippen molar-refractivity contribution in [3.63, 3.8) is 0 Å². The Balaban J connectivity index is 2.16. The van der Waals surface area contributed by atoms with Gasteiger partial charge in [-0.05, 0) is 64.4 Å². The molecule has 0 aliphatic carbocycles. The van der Waals surface area contributed by atoms with Crippen molar-refractivity contribution < 1.29 is 23.5 Å². The number of carbonyl (C=O) groups is 2. The standard InChI is InChI=1S/C20H29FN2O4/c1-13-10-11-23(5)12-16(13)26-18(24)17(14-6-8-15(21)9-7-14)22-19(25)27-20(2,3)4/h6-9,13,16-17H,10-12H2,1-5H3,(H,22,25)/t13?,16-,17?/m0/s1. The second-order valence-corrected chi connectivity index (χ2v) is 8.13. The predicted octanol–water partition coefficient (Wildman–Crippen LogP) is 3.27. The SMILES string of the molecule is CC1CCN(C)C[C@@H]1OC(=O)C(NC(=O)OC(C)(C)C)c1ccc(F)cc1. The molecule has 3 atom stereocenters. The predicted molar refractivity (Wildman–Crippen MR) is 99.7 cm³/mol. The van der Waals surface area contributed by atoms with E-state index in [9.17, 15) is 14.0 Å². The van der Waals surface area contributed by atoms with E-state index in [-0.39, 0.29) is 12.0 Å². The van der Waals surface area contributed by atoms with E-state index in [0.717, 1.165) is 13.0 Å². The summed E-state index contributed by atoms with van der Waals surface area (Å²) in [7, 11) is 1.98. The van der Waals surface area contributed by atoms with Gasteiger partial charge >= 0.3 is 12.1 Å². The van der Waals surface area contributed by atoms with E-state index >= 15 is 0 Å². The number of ether oxygens (including phenoxy) is 2. The maximum Gasteiger partial charge on any atom is 0.408 e. The Morgan fingerprint density at radius 2 is 1.89 bits per heavy atom. The number of benzene rings is 1. The van der Waals surface area contributed by atoms with Gasteiger partial charge in [-0.25, -0.2) is 14.0 Å². The number of likely N-dealkylation sites (N-methyl/N-ethyl adjacent to an activating group) is 1. The zero-order valence-corrected chi connectivity index (χ0v) is 16.6. The van der Waals surface area contributed by atoms with E-state index in [2.05, 4.69) is 10.2 Å². The summed E-state index contributed by atoms with van der Waals surface area (Å²) in [6.07, 6.45) is -0.0722. The molecular formula is C20H29FN2O4. The van der Waals surface area contributed by atoms with Crippen LogP contribution in [0.15, 0.2) is 24.3 Å². The van der Waals surface area contributed by atoms with Crippen LogP contribution in [0.3, 0.4) is 0 Å². The highest BCUT2D eigenvalue weighted by Crippen LogP contribution is 2.23. The van der Waals surface area contributed by atoms with Crippen LogP contribution < -0.4 is 5.32 Å². The van der Waals surface area contributed by atoms with Gasteiger partial charge < -0.3 is 19.7 Å². The number of likely N-dealkylation sites (tertiary alicyclic amines) is 1. The minimum absolute atomic E-state index is 0.223. The van der Waals surface area contributed by atoms with E-state index in [1.807, 2.05) is 14.0 Å². The quantitative estimate of drug-likeness (QED) is 0.812. The van der Waals surface area contributed by atoms with Crippen LogP contribution >= 0.6 is 0 Å². The lowest BCUT2D eigenvalue weighted by Gasteiger charge is -2.35. The highest BCUT2D eigenvalue weighted by Gasteiger charge is 2.32. The third kappa shape index (κ3) is 6.50. The van der Waals surface area contributed by atoms with Crippen molar-refractivity contribution in [2.24, 2.45) is 5.92 Å². The zero-order valence-electron chi connectivity index (χ0n) is 16.6. The highest BCUT2D eigenvalue weighted by molar-refractivity contribution is 5.83. The van der Waals surface area contributed by atoms with Gasteiger partial charge in [0.15, 0.2) is 6.04 Å². The van der Waals surface area contributed by atoms with E-state index in [1.165, 1.54) is 24.3 Å². The van der Waals surface area contributed by atoms with Crippen molar-refractivity contribution in [2.75, 3.05) is 20.1 Å². The maximum atomic E-state index is 13.3. The molecule has 0 aromatic heterocycles. The fourth-order valence-electron chi connectivity index (χ4n) is 2.92. The Labute approximate surface area is 160 Å². The van der Waals surface area contributed by atoms with Crippen molar-refractivity contribution >= 4 is 12.1 Å². The van der Waals surface area contributed by atoms with Gasteiger partial charge in [0.1, 0.15) is 17.5 Å². The monoisotopic (exact) mass is 380 g/mol. The highest BCUT2D eigenvalue weighted by atomic mass is 19.1. The number of hydrogen-bond acceptors (Lipinski definition) is 5. The van der Waals surface area contributed by atoms with Crippen LogP contribution in [-0.2, 0) is 14.3 Å². The van der Waals surface area contributed by atoms with Gasteiger partial charge in [-0.15, -0.1) is 0 Å². The summed E-state index contributed by atoms with van der Waals surface area (Å²) in [5.74, 6) is -0.786. The van der Waals surface area contributed by atoms with Crippen LogP contribution in [0.4, 0.5) is 9.18 Å². The van der Waals surface area contributed by atoms with Gasteiger partial charge in [-0.3, -0.25) is 0 Å². The first kappa shape index (κ1) is 21.2. The molecule has 7 heteroatoms. The minimum Gasteiger partial charge on any atom is -0.459 e. The molecule has 0 saturated carbocycles. The second-order valence-electron chi connectivity index (χ2n) is 8.13. The number of alkyl carbamates (subject to hydrolysis) is 1. The molecule has 1 aromatic rings. The first-order valence-electron chi connectivity index (χ1n) is 9.19. The fraction of sp³-hybridized carbons (Fsp3) is 0.600. The summed E-state index contributed by atoms with van der Waals surface area (Å²) in [6.45, 7) is 8.83. The van der Waals surface area contributed by atoms with Gasteiger partial charge in [0, 0.05) is 6.54 Å². The van der Waals surface area contributed by atoms with Crippen molar-refractivity contribution in [3.8, 4) is 0 Å². The molecular weight excluding hydrogens is 351 g/mol. The molecule has 1 N–H and O–H groups in total. The van der Waals surface area contributed by atoms with Gasteiger partial charge in [0.25, 0.3) is 0 Å². The Morgan fingerprint density at radius 3 is 2.48 bits per heavy atom. The molecule has 1 saturated heterocycles. The van der Waals surface area contributed by atoms with Gasteiger partial charge in [0.05, 0.1) is 0 Å². The van der Waals surface area contributed by atoms with Gasteiger partial charge in [-0.2, -0.15) is 0 Å². The third-order valence-corrected chi connectivity index (χ3v) is 4.46. The molecule has 1 aliphatic heterocycles. The fourth-order valence-corrected chi connectivity index (χ4v) is 2.92. The van der Waals surface area contributed by atoms with Crippen LogP contribution in [0.5, 0.6) is 0 Å². The number of rotatable bonds is 4. The first-order valence-corrected chi connectivity index (χ1v) is 9.19. The Morgan fingerprint density at radius 1 is 1.26 bits per heavy atom. The lowest BCUT2D eigenvalue weighted by molar-refractivity contribution is -0.157. The molecule has 0 spiro atoms. The summed E-state index contributed by atoms with van der Waals surface area (Å²) in [5, 5.41) is 2.55. The Bertz CT molecular complexity index is 657. The van der Waals surface area contributed by atoms with Gasteiger partial charge in [0.2, 0.25) is 0 Å². The molecule has 6 nitrogen and oxygen atoms in total. The minimum atomic E-state index is -1.07. The summed E-state index contributed by atoms with van der Waals surface area (Å²) < 4.78 is 24.2. The molecule has 0 radical (unpaired) electrons. The molecule has 150 valence electrons. The van der Waals surface area contributed by atoms with E-state index in [4.69, 9.17) is 9.47 Å². The van der Waals surface area contributed by atoms with E-state index in [1.54, 1.807) is 20.8 Å². The molecule has 1 fully saturated rings. The normalized spacial score (nSPS) is 22.0. The largest absolute Gasteiger partial charge is 0.459 e. The number of nitrogens with one attached hydrogen (secondary N) is 1. The number of hydrogen-bond donors (Lipinski definition) is 1. The van der Waals surface area contributed by atoms with Crippen LogP contribution in [-0.4, -0.2) is 48.8 Å². The molecule has 27 heavy (non-hydrogen) atoms. The Hall–Kier alpha value is -2.15. The molecule has 0 bridgehead atoms. The molecule has 2 unspecified atom stereocenters. The number of piperidine rings is 1. The summed E-state index contributed by atoms with van der Waals surface area (Å²) in [4.78, 5) is 27.1. The summed E-state index contributed by atoms with van der Waals surface area (Å²) >= 11 is 0. The lowest BCUT2D eigenvalue weighted by Crippen LogP contribution is -2.45. The molecule has 1 aromatic carbocycles. The second kappa shape index (κ2) is 8.69. The van der Waals surface area contributed by atoms with E-state index < -0.39 is 29.5 Å². The van der Waals surface area contributed by atoms with Crippen molar-refractivity contribution in [2.45, 2.75) is 51.9 Å². The van der Waals surface area contributed by atoms with Crippen LogP contribution in [0, 0.1) is 11.7 Å². The summed E-state index contributed by atoms with van der Waals surface area (Å²) in [5.41, 5.74) is -0.272. The number of esters is 1. The molecule has 2 rings (SSSR count). The zero-order chi connectivity index (χ0) is 20.2. The number of nitrogens with zero attached hydrogens (tertiary/aromatic N) is 1. The number of carbonyl (C=O) groups excluding carboxylic acids is 2. The van der Waals surface area contributed by atoms with Gasteiger partial charge in [-0.1, -0.05) is 19.1 Å². The average molecular weight is 380 g/mol. The van der Waals surface area contributed by atoms with Crippen molar-refractivity contribution in [1.29, 1.82) is 0 Å². The van der Waals surface area contributed by atoms with Crippen LogP contribution in [0.25, 0.3) is 0 Å². The van der Waals surface area contributed by atoms with Crippen molar-refractivity contribution in [1.82, 2.24) is 10.2 Å². The molecule has 1 aliphatic rings. The molecule has 1 heterocycles. The lowest BCUT2D eigenvalue weighted by atomic mass is 9.96. The van der Waals surface area contributed by atoms with Crippen LogP contribution in [0.2, 0.25) is 0 Å². The number of amides is 1. The summed E-state index contributed by atoms with van der Waals surface area (Å²) in [6, 6.07) is 4.32. The number of halogens is 1. The Kier molecular flexibility index (Phi) is 6.81. The van der Waals surface area contributed by atoms with Crippen LogP contribution in [0.1, 0.15) is 45.7 Å². The smallest absolute Gasteiger partial charge is 0.408 e. The topological polar surface area (TPSA) is 67.9 Å². The van der Waals surface area contributed by atoms with E-state index in [0.29, 0.717) is 12.1 Å². The van der Waals surface area contributed by atoms with Crippen molar-refractivity contribution in [3.05, 3.63) is 35.6 Å². The molecule has 1 amide bonds. The average Bonchev–Trinajstić information content (AvgIpc) is 2.55.